The molecule has 7 heteroatoms. The monoisotopic (exact) mass is 1750 g/mol. The lowest BCUT2D eigenvalue weighted by Crippen LogP contribution is -2.07. The number of halogens is 2. The normalized spacial score (nSPS) is 11.9. The lowest BCUT2D eigenvalue weighted by atomic mass is 9.87. The lowest BCUT2D eigenvalue weighted by molar-refractivity contribution is 0.104. The molecule has 0 atom stereocenters. The quantitative estimate of drug-likeness (QED) is 0.0152. The van der Waals surface area contributed by atoms with E-state index in [1.165, 1.54) is 568 Å². The first-order chi connectivity index (χ1) is 62.3. The highest BCUT2D eigenvalue weighted by Gasteiger charge is 2.24. The zero-order valence-corrected chi connectivity index (χ0v) is 85.0. The molecule has 0 spiro atoms. The van der Waals surface area contributed by atoms with Gasteiger partial charge in [-0.15, -0.1) is 0 Å². The van der Waals surface area contributed by atoms with E-state index >= 15 is 0 Å². The van der Waals surface area contributed by atoms with E-state index in [2.05, 4.69) is 81.8 Å². The van der Waals surface area contributed by atoms with Crippen LogP contribution in [0.3, 0.4) is 0 Å². The Balaban J connectivity index is 1.64. The number of ketones is 1. The molecule has 724 valence electrons. The molecule has 0 bridgehead atoms. The van der Waals surface area contributed by atoms with Crippen LogP contribution in [0.15, 0.2) is 54.6 Å². The maximum atomic E-state index is 14.9. The van der Waals surface area contributed by atoms with Crippen molar-refractivity contribution in [3.8, 4) is 22.5 Å². The van der Waals surface area contributed by atoms with Gasteiger partial charge in [0.2, 0.25) is 5.78 Å². The first-order valence-electron chi connectivity index (χ1n) is 57.2. The number of hydrogen-bond acceptors (Lipinski definition) is 2. The molecule has 0 aliphatic rings. The van der Waals surface area contributed by atoms with Crippen LogP contribution in [-0.2, 0) is 43.2 Å². The van der Waals surface area contributed by atoms with E-state index in [9.17, 15) is 13.4 Å². The van der Waals surface area contributed by atoms with Crippen molar-refractivity contribution in [2.45, 2.75) is 619 Å². The second-order valence-electron chi connectivity index (χ2n) is 40.4. The van der Waals surface area contributed by atoms with Crippen molar-refractivity contribution < 1.29 is 18.1 Å². The zero-order chi connectivity index (χ0) is 89.8. The summed E-state index contributed by atoms with van der Waals surface area (Å²) in [5, 5.41) is 0. The van der Waals surface area contributed by atoms with Crippen LogP contribution >= 0.6 is 0 Å². The van der Waals surface area contributed by atoms with Crippen LogP contribution in [0.1, 0.15) is 630 Å². The van der Waals surface area contributed by atoms with Crippen LogP contribution in [-0.4, -0.2) is 23.2 Å². The summed E-state index contributed by atoms with van der Waals surface area (Å²) in [6.07, 6.45) is 122. The molecule has 4 nitrogen and oxygen atoms in total. The maximum Gasteiger partial charge on any atom is 0.796 e. The number of aromatic amines is 2. The number of aryl methyl sites for hydroxylation is 4. The van der Waals surface area contributed by atoms with Gasteiger partial charge >= 0.3 is 7.47 Å². The van der Waals surface area contributed by atoms with Crippen molar-refractivity contribution in [2.24, 2.45) is 0 Å². The number of carbonyl (C=O) groups excluding carboxylic acids is 1. The van der Waals surface area contributed by atoms with Crippen molar-refractivity contribution >= 4 is 19.0 Å². The summed E-state index contributed by atoms with van der Waals surface area (Å²) in [6.45, 7) is 13.9. The first kappa shape index (κ1) is 114. The van der Waals surface area contributed by atoms with Crippen LogP contribution in [0, 0.1) is 0 Å². The van der Waals surface area contributed by atoms with E-state index in [0.717, 1.165) is 61.0 Å². The molecule has 0 saturated carbocycles. The second-order valence-corrected chi connectivity index (χ2v) is 40.4. The predicted octanol–water partition coefficient (Wildman–Crippen LogP) is 42.0. The van der Waals surface area contributed by atoms with Crippen molar-refractivity contribution in [3.63, 3.8) is 0 Å². The van der Waals surface area contributed by atoms with Crippen molar-refractivity contribution in [1.29, 1.82) is 0 Å². The Morgan fingerprint density at radius 1 is 0.238 bits per heavy atom. The predicted molar refractivity (Wildman–Crippen MR) is 558 cm³/mol. The maximum absolute atomic E-state index is 14.9. The van der Waals surface area contributed by atoms with E-state index in [0.29, 0.717) is 11.4 Å². The number of hydrogen-bond donors (Lipinski definition) is 2. The molecule has 0 fully saturated rings. The molecule has 2 N–H and O–H groups in total. The van der Waals surface area contributed by atoms with Crippen LogP contribution in [0.5, 0.6) is 0 Å². The third kappa shape index (κ3) is 61.8. The van der Waals surface area contributed by atoms with Crippen LogP contribution in [0.25, 0.3) is 28.3 Å². The van der Waals surface area contributed by atoms with Gasteiger partial charge in [-0.2, -0.15) is 0 Å². The number of rotatable bonds is 97. The van der Waals surface area contributed by atoms with Crippen LogP contribution < -0.4 is 0 Å². The fraction of sp³-hybridized carbons (Fsp3) is 0.807. The molecular formula is C119H209BF2N2O2. The number of aromatic nitrogens is 2. The van der Waals surface area contributed by atoms with Gasteiger partial charge in [0.15, 0.2) is 0 Å². The highest BCUT2D eigenvalue weighted by atomic mass is 19.2. The molecule has 4 aromatic rings. The molecule has 4 rings (SSSR count). The molecular weight excluding hydrogens is 1540 g/mol. The van der Waals surface area contributed by atoms with Crippen LogP contribution in [0.4, 0.5) is 8.63 Å². The van der Waals surface area contributed by atoms with E-state index in [1.807, 2.05) is 18.2 Å². The molecule has 126 heavy (non-hydrogen) atoms. The molecule has 0 unspecified atom stereocenters. The van der Waals surface area contributed by atoms with E-state index in [-0.39, 0.29) is 11.5 Å². The molecule has 0 amide bonds. The number of allylic oxidation sites excluding steroid dienone is 1. The van der Waals surface area contributed by atoms with E-state index < -0.39 is 7.47 Å². The third-order valence-corrected chi connectivity index (χ3v) is 28.6. The number of H-pyrrole nitrogens is 2. The lowest BCUT2D eigenvalue weighted by Gasteiger charge is -2.18. The zero-order valence-electron chi connectivity index (χ0n) is 85.0. The minimum Gasteiger partial charge on any atom is -0.503 e. The van der Waals surface area contributed by atoms with Gasteiger partial charge in [-0.05, 0) is 170 Å². The van der Waals surface area contributed by atoms with Gasteiger partial charge in [0.1, 0.15) is 5.76 Å². The summed E-state index contributed by atoms with van der Waals surface area (Å²) in [6, 6.07) is 17.7. The number of benzene rings is 2. The van der Waals surface area contributed by atoms with E-state index in [1.54, 1.807) is 11.1 Å². The van der Waals surface area contributed by atoms with Gasteiger partial charge in [-0.3, -0.25) is 4.79 Å². The summed E-state index contributed by atoms with van der Waals surface area (Å²) in [5.41, 5.74) is 14.0. The first-order valence-corrected chi connectivity index (χ1v) is 57.2. The van der Waals surface area contributed by atoms with E-state index in [4.69, 9.17) is 4.65 Å². The third-order valence-electron chi connectivity index (χ3n) is 28.6. The summed E-state index contributed by atoms with van der Waals surface area (Å²) in [7, 11) is -3.10. The van der Waals surface area contributed by atoms with Gasteiger partial charge < -0.3 is 14.6 Å². The van der Waals surface area contributed by atoms with Gasteiger partial charge in [-0.1, -0.05) is 542 Å². The SMILES string of the molecule is CCCCCCCCCCCCCCCCc1cc(-c2ccc(C(=O)/C=C(\OB(F)F)c3ccc(-c4cc(CCCCCCCCCCCCCCCC)c(CCCCCCCCCCCCCCCC)c(CCCCCCCCCCCCCCCC)c4)[nH]3)[nH]2)cc(CCCCCCCCCCCCCCCC)c1CCCCCCCCCCCCCCCC. The molecule has 2 aromatic heterocycles. The minimum atomic E-state index is -3.10. The molecule has 0 aliphatic heterocycles. The Labute approximate surface area is 783 Å². The summed E-state index contributed by atoms with van der Waals surface area (Å²) in [5.74, 6) is -0.498. The minimum absolute atomic E-state index is 0.129. The van der Waals surface area contributed by atoms with Gasteiger partial charge in [0.05, 0.1) is 11.4 Å². The fourth-order valence-electron chi connectivity index (χ4n) is 20.4. The second kappa shape index (κ2) is 85.3. The van der Waals surface area contributed by atoms with Crippen molar-refractivity contribution in [2.75, 3.05) is 0 Å². The summed E-state index contributed by atoms with van der Waals surface area (Å²) < 4.78 is 35.2. The molecule has 0 saturated heterocycles. The molecule has 0 aliphatic carbocycles. The molecule has 2 aromatic carbocycles. The largest absolute Gasteiger partial charge is 0.796 e. The van der Waals surface area contributed by atoms with Gasteiger partial charge in [0.25, 0.3) is 0 Å². The van der Waals surface area contributed by atoms with Crippen molar-refractivity contribution in [1.82, 2.24) is 9.97 Å². The van der Waals surface area contributed by atoms with Crippen molar-refractivity contribution in [3.05, 3.63) is 99.4 Å². The summed E-state index contributed by atoms with van der Waals surface area (Å²) >= 11 is 0. The summed E-state index contributed by atoms with van der Waals surface area (Å²) in [4.78, 5) is 22.0. The Bertz CT molecular complexity index is 2960. The smallest absolute Gasteiger partial charge is 0.503 e. The average molecular weight is 1750 g/mol. The number of nitrogens with one attached hydrogen (secondary N) is 2. The fourth-order valence-corrected chi connectivity index (χ4v) is 20.4. The Hall–Kier alpha value is -3.87. The average Bonchev–Trinajstić information content (AvgIpc) is 1.49. The standard InChI is InChI=1S/C119H209BF2N2O2/c1-7-13-19-25-31-37-43-49-55-61-67-73-79-85-91-106-101-110(102-107(92-86-80-74-68-62-56-50-44-38-32-26-20-14-8-2)112(106)95-89-83-77-71-65-59-53-47-41-35-29-23-17-11-5)114-97-99-116(123-114)118(125)105-119(126-120(121)122)117-100-98-115(124-117)111-103-108(93-87-81-75-69-63-57-51-45-39-33-27-21-15-9-3)113(96-90-84-78-72-66-60-54-48-42-36-30-24-18-12-6)109(104-111)94-88-82-76-70-64-58-52-46-40-34-28-22-16-10-4/h97-105,123-124H,7-96H2,1-6H3/b119-105-. The Morgan fingerprint density at radius 3 is 0.595 bits per heavy atom. The molecule has 0 radical (unpaired) electrons. The van der Waals surface area contributed by atoms with Crippen LogP contribution in [0.2, 0.25) is 0 Å². The van der Waals surface area contributed by atoms with Gasteiger partial charge in [-0.25, -0.2) is 8.63 Å². The topological polar surface area (TPSA) is 57.9 Å². The number of carbonyl (C=O) groups is 1. The number of unbranched alkanes of at least 4 members (excludes halogenated alkanes) is 78. The Morgan fingerprint density at radius 2 is 0.405 bits per heavy atom. The highest BCUT2D eigenvalue weighted by Crippen LogP contribution is 2.35. The highest BCUT2D eigenvalue weighted by molar-refractivity contribution is 6.36. The van der Waals surface area contributed by atoms with Gasteiger partial charge in [0, 0.05) is 17.5 Å². The molecule has 2 heterocycles. The Kier molecular flexibility index (Phi) is 77.5.